The molecule has 1 heterocycles. The lowest BCUT2D eigenvalue weighted by molar-refractivity contribution is 0.102. The topological polar surface area (TPSA) is 54.9 Å². The van der Waals surface area contributed by atoms with Gasteiger partial charge in [0, 0.05) is 29.8 Å². The van der Waals surface area contributed by atoms with Gasteiger partial charge in [0.25, 0.3) is 5.91 Å². The number of hydrogen-bond acceptors (Lipinski definition) is 4. The Bertz CT molecular complexity index is 941. The van der Waals surface area contributed by atoms with E-state index in [0.29, 0.717) is 11.5 Å². The van der Waals surface area contributed by atoms with Crippen LogP contribution in [0.2, 0.25) is 0 Å². The van der Waals surface area contributed by atoms with E-state index >= 15 is 0 Å². The lowest BCUT2D eigenvalue weighted by atomic mass is 9.97. The van der Waals surface area contributed by atoms with Crippen molar-refractivity contribution in [2.75, 3.05) is 5.32 Å². The molecule has 1 amide bonds. The Hall–Kier alpha value is -2.66. The third kappa shape index (κ3) is 4.55. The van der Waals surface area contributed by atoms with E-state index in [-0.39, 0.29) is 11.2 Å². The molecule has 0 fully saturated rings. The minimum absolute atomic E-state index is 0.145. The van der Waals surface area contributed by atoms with E-state index < -0.39 is 0 Å². The fourth-order valence-corrected chi connectivity index (χ4v) is 3.37. The summed E-state index contributed by atoms with van der Waals surface area (Å²) in [6.45, 7) is 6.39. The predicted molar refractivity (Wildman–Crippen MR) is 113 cm³/mol. The summed E-state index contributed by atoms with van der Waals surface area (Å²) >= 11 is 4.63. The molecule has 3 aromatic rings. The number of hydrogen-bond donors (Lipinski definition) is 2. The van der Waals surface area contributed by atoms with Gasteiger partial charge in [-0.1, -0.05) is 32.0 Å². The number of nitrogens with zero attached hydrogens (tertiary/aromatic N) is 2. The van der Waals surface area contributed by atoms with Crippen molar-refractivity contribution in [1.29, 1.82) is 0 Å². The summed E-state index contributed by atoms with van der Waals surface area (Å²) in [6.07, 6.45) is 4.95. The Kier molecular flexibility index (Phi) is 5.91. The monoisotopic (exact) mass is 377 g/mol. The largest absolute Gasteiger partial charge is 0.322 e. The highest BCUT2D eigenvalue weighted by Gasteiger charge is 2.14. The molecule has 3 rings (SSSR count). The SMILES string of the molecule is Cc1cc(NC(=O)c2cccc(C(S)c3cnccn3)c2)ccc1C(C)C. The van der Waals surface area contributed by atoms with E-state index in [4.69, 9.17) is 0 Å². The summed E-state index contributed by atoms with van der Waals surface area (Å²) in [6, 6.07) is 13.5. The number of nitrogens with one attached hydrogen (secondary N) is 1. The number of benzene rings is 2. The first-order chi connectivity index (χ1) is 13.0. The zero-order chi connectivity index (χ0) is 19.4. The molecule has 1 N–H and O–H groups in total. The number of rotatable bonds is 5. The van der Waals surface area contributed by atoms with E-state index in [1.54, 1.807) is 24.7 Å². The Balaban J connectivity index is 1.79. The Labute approximate surface area is 165 Å². The molecule has 0 spiro atoms. The van der Waals surface area contributed by atoms with Gasteiger partial charge in [-0.3, -0.25) is 14.8 Å². The number of thiol groups is 1. The van der Waals surface area contributed by atoms with Crippen molar-refractivity contribution >= 4 is 24.2 Å². The van der Waals surface area contributed by atoms with Crippen LogP contribution in [0.1, 0.15) is 57.8 Å². The van der Waals surface area contributed by atoms with Crippen LogP contribution in [0.4, 0.5) is 5.69 Å². The molecular formula is C22H23N3OS. The van der Waals surface area contributed by atoms with Crippen molar-refractivity contribution in [1.82, 2.24) is 9.97 Å². The van der Waals surface area contributed by atoms with Crippen molar-refractivity contribution in [2.24, 2.45) is 0 Å². The number of carbonyl (C=O) groups excluding carboxylic acids is 1. The predicted octanol–water partition coefficient (Wildman–Crippen LogP) is 5.18. The quantitative estimate of drug-likeness (QED) is 0.602. The van der Waals surface area contributed by atoms with Crippen molar-refractivity contribution in [3.8, 4) is 0 Å². The molecule has 0 saturated heterocycles. The molecule has 0 aliphatic carbocycles. The number of carbonyl (C=O) groups is 1. The lowest BCUT2D eigenvalue weighted by Crippen LogP contribution is -2.13. The fraction of sp³-hybridized carbons (Fsp3) is 0.227. The van der Waals surface area contributed by atoms with Gasteiger partial charge in [0.05, 0.1) is 10.9 Å². The van der Waals surface area contributed by atoms with Crippen molar-refractivity contribution < 1.29 is 4.79 Å². The van der Waals surface area contributed by atoms with Gasteiger partial charge in [-0.05, 0) is 53.8 Å². The molecule has 4 nitrogen and oxygen atoms in total. The van der Waals surface area contributed by atoms with Gasteiger partial charge in [0.2, 0.25) is 0 Å². The highest BCUT2D eigenvalue weighted by Crippen LogP contribution is 2.27. The summed E-state index contributed by atoms with van der Waals surface area (Å²) < 4.78 is 0. The first-order valence-electron chi connectivity index (χ1n) is 8.91. The third-order valence-electron chi connectivity index (χ3n) is 4.48. The molecule has 27 heavy (non-hydrogen) atoms. The van der Waals surface area contributed by atoms with E-state index in [2.05, 4.69) is 54.8 Å². The smallest absolute Gasteiger partial charge is 0.255 e. The fourth-order valence-electron chi connectivity index (χ4n) is 3.08. The maximum absolute atomic E-state index is 12.7. The van der Waals surface area contributed by atoms with Crippen LogP contribution in [0.5, 0.6) is 0 Å². The van der Waals surface area contributed by atoms with Crippen molar-refractivity contribution in [3.05, 3.63) is 89.0 Å². The van der Waals surface area contributed by atoms with Crippen LogP contribution in [-0.2, 0) is 0 Å². The molecular weight excluding hydrogens is 354 g/mol. The average molecular weight is 378 g/mol. The normalized spacial score (nSPS) is 12.0. The van der Waals surface area contributed by atoms with E-state index in [1.807, 2.05) is 30.3 Å². The van der Waals surface area contributed by atoms with Crippen LogP contribution in [0, 0.1) is 6.92 Å². The van der Waals surface area contributed by atoms with Crippen LogP contribution < -0.4 is 5.32 Å². The average Bonchev–Trinajstić information content (AvgIpc) is 2.68. The highest BCUT2D eigenvalue weighted by molar-refractivity contribution is 7.80. The molecule has 0 saturated carbocycles. The molecule has 138 valence electrons. The summed E-state index contributed by atoms with van der Waals surface area (Å²) in [5, 5.41) is 2.74. The highest BCUT2D eigenvalue weighted by atomic mass is 32.1. The van der Waals surface area contributed by atoms with Gasteiger partial charge in [-0.25, -0.2) is 0 Å². The lowest BCUT2D eigenvalue weighted by Gasteiger charge is -2.14. The van der Waals surface area contributed by atoms with Crippen LogP contribution in [0.15, 0.2) is 61.1 Å². The summed E-state index contributed by atoms with van der Waals surface area (Å²) in [5.74, 6) is 0.313. The van der Waals surface area contributed by atoms with Gasteiger partial charge >= 0.3 is 0 Å². The van der Waals surface area contributed by atoms with Crippen LogP contribution in [-0.4, -0.2) is 15.9 Å². The maximum atomic E-state index is 12.7. The number of amides is 1. The molecule has 0 radical (unpaired) electrons. The Morgan fingerprint density at radius 3 is 2.59 bits per heavy atom. The van der Waals surface area contributed by atoms with Gasteiger partial charge in [0.1, 0.15) is 0 Å². The molecule has 2 aromatic carbocycles. The number of aryl methyl sites for hydroxylation is 1. The van der Waals surface area contributed by atoms with Gasteiger partial charge in [-0.2, -0.15) is 12.6 Å². The second-order valence-electron chi connectivity index (χ2n) is 6.84. The second-order valence-corrected chi connectivity index (χ2v) is 7.35. The zero-order valence-corrected chi connectivity index (χ0v) is 16.6. The Morgan fingerprint density at radius 1 is 1.11 bits per heavy atom. The van der Waals surface area contributed by atoms with E-state index in [0.717, 1.165) is 16.9 Å². The van der Waals surface area contributed by atoms with Crippen LogP contribution >= 0.6 is 12.6 Å². The molecule has 1 unspecified atom stereocenters. The molecule has 0 aliphatic heterocycles. The third-order valence-corrected chi connectivity index (χ3v) is 5.04. The van der Waals surface area contributed by atoms with Crippen LogP contribution in [0.25, 0.3) is 0 Å². The first kappa shape index (κ1) is 19.1. The van der Waals surface area contributed by atoms with Gasteiger partial charge in [0.15, 0.2) is 0 Å². The molecule has 5 heteroatoms. The van der Waals surface area contributed by atoms with Gasteiger partial charge < -0.3 is 5.32 Å². The van der Waals surface area contributed by atoms with Crippen molar-refractivity contribution in [3.63, 3.8) is 0 Å². The second kappa shape index (κ2) is 8.35. The first-order valence-corrected chi connectivity index (χ1v) is 9.43. The van der Waals surface area contributed by atoms with Crippen molar-refractivity contribution in [2.45, 2.75) is 31.9 Å². The molecule has 1 atom stereocenters. The summed E-state index contributed by atoms with van der Waals surface area (Å²) in [4.78, 5) is 21.1. The number of anilines is 1. The van der Waals surface area contributed by atoms with E-state index in [9.17, 15) is 4.79 Å². The maximum Gasteiger partial charge on any atom is 0.255 e. The molecule has 1 aromatic heterocycles. The standard InChI is InChI=1S/C22H23N3OS/c1-14(2)19-8-7-18(11-15(19)3)25-22(26)17-6-4-5-16(12-17)21(27)20-13-23-9-10-24-20/h4-14,21,27H,1-3H3,(H,25,26). The zero-order valence-electron chi connectivity index (χ0n) is 15.7. The molecule has 0 aliphatic rings. The number of aromatic nitrogens is 2. The minimum Gasteiger partial charge on any atom is -0.322 e. The van der Waals surface area contributed by atoms with Crippen LogP contribution in [0.3, 0.4) is 0 Å². The summed E-state index contributed by atoms with van der Waals surface area (Å²) in [7, 11) is 0. The van der Waals surface area contributed by atoms with Gasteiger partial charge in [-0.15, -0.1) is 0 Å². The molecule has 0 bridgehead atoms. The Morgan fingerprint density at radius 2 is 1.93 bits per heavy atom. The minimum atomic E-state index is -0.237. The van der Waals surface area contributed by atoms with E-state index in [1.165, 1.54) is 11.1 Å². The summed E-state index contributed by atoms with van der Waals surface area (Å²) in [5.41, 5.74) is 5.49.